The topological polar surface area (TPSA) is 29.5 Å². The second kappa shape index (κ2) is 6.06. The van der Waals surface area contributed by atoms with Crippen LogP contribution in [0.15, 0.2) is 29.8 Å². The Labute approximate surface area is 146 Å². The molecule has 4 aliphatic rings. The van der Waals surface area contributed by atoms with Gasteiger partial charge >= 0.3 is 0 Å². The van der Waals surface area contributed by atoms with Crippen molar-refractivity contribution in [2.45, 2.75) is 32.1 Å². The minimum Gasteiger partial charge on any atom is -0.508 e. The lowest BCUT2D eigenvalue weighted by Gasteiger charge is -2.51. The monoisotopic (exact) mass is 410 g/mol. The predicted molar refractivity (Wildman–Crippen MR) is 96.9 cm³/mol. The maximum atomic E-state index is 9.86. The number of halogens is 1. The Hall–Kier alpha value is -0.710. The van der Waals surface area contributed by atoms with Crippen molar-refractivity contribution in [1.29, 1.82) is 0 Å². The molecular formula is C19H23IO2. The lowest BCUT2D eigenvalue weighted by molar-refractivity contribution is 0.0668. The van der Waals surface area contributed by atoms with Crippen molar-refractivity contribution >= 4 is 28.4 Å². The Morgan fingerprint density at radius 3 is 2.36 bits per heavy atom. The van der Waals surface area contributed by atoms with Gasteiger partial charge in [0.15, 0.2) is 0 Å². The maximum absolute atomic E-state index is 9.86. The quantitative estimate of drug-likeness (QED) is 0.430. The number of rotatable bonds is 4. The molecule has 0 unspecified atom stereocenters. The molecule has 0 amide bonds. The fraction of sp³-hybridized carbons (Fsp3) is 0.579. The largest absolute Gasteiger partial charge is 0.508 e. The first-order valence-electron chi connectivity index (χ1n) is 8.46. The molecular weight excluding hydrogens is 387 g/mol. The average molecular weight is 410 g/mol. The number of phenolic OH excluding ortho intramolecular Hbond substituents is 1. The first-order chi connectivity index (χ1) is 10.7. The van der Waals surface area contributed by atoms with Crippen LogP contribution in [0.25, 0.3) is 5.76 Å². The molecule has 4 fully saturated rings. The predicted octanol–water partition coefficient (Wildman–Crippen LogP) is 5.01. The third kappa shape index (κ3) is 2.66. The summed E-state index contributed by atoms with van der Waals surface area (Å²) in [7, 11) is 0. The number of phenols is 1. The Morgan fingerprint density at radius 1 is 1.09 bits per heavy atom. The van der Waals surface area contributed by atoms with Gasteiger partial charge in [0.05, 0.1) is 6.61 Å². The molecule has 4 saturated carbocycles. The fourth-order valence-electron chi connectivity index (χ4n) is 5.18. The third-order valence-electron chi connectivity index (χ3n) is 5.71. The van der Waals surface area contributed by atoms with Crippen molar-refractivity contribution in [1.82, 2.24) is 0 Å². The van der Waals surface area contributed by atoms with Gasteiger partial charge in [-0.3, -0.25) is 0 Å². The first kappa shape index (κ1) is 14.9. The van der Waals surface area contributed by atoms with E-state index < -0.39 is 0 Å². The molecule has 0 heterocycles. The number of alkyl halides is 1. The van der Waals surface area contributed by atoms with Crippen molar-refractivity contribution in [2.24, 2.45) is 23.7 Å². The summed E-state index contributed by atoms with van der Waals surface area (Å²) in [4.78, 5) is 0. The molecule has 0 aromatic heterocycles. The summed E-state index contributed by atoms with van der Waals surface area (Å²) in [6.07, 6.45) is 6.91. The molecule has 0 radical (unpaired) electrons. The Bertz CT molecular complexity index is 563. The highest BCUT2D eigenvalue weighted by atomic mass is 127. The van der Waals surface area contributed by atoms with Gasteiger partial charge in [-0.25, -0.2) is 0 Å². The molecule has 1 aromatic carbocycles. The molecule has 1 aromatic rings. The second-order valence-electron chi connectivity index (χ2n) is 7.18. The zero-order valence-electron chi connectivity index (χ0n) is 12.8. The van der Waals surface area contributed by atoms with Crippen molar-refractivity contribution in [2.75, 3.05) is 11.0 Å². The number of aromatic hydroxyl groups is 1. The number of benzene rings is 1. The van der Waals surface area contributed by atoms with Crippen LogP contribution in [0.2, 0.25) is 0 Å². The maximum Gasteiger partial charge on any atom is 0.126 e. The summed E-state index contributed by atoms with van der Waals surface area (Å²) in [5.74, 6) is 4.78. The highest BCUT2D eigenvalue weighted by Gasteiger charge is 2.46. The van der Waals surface area contributed by atoms with Crippen molar-refractivity contribution in [3.63, 3.8) is 0 Å². The molecule has 4 bridgehead atoms. The van der Waals surface area contributed by atoms with Gasteiger partial charge in [0.1, 0.15) is 11.5 Å². The number of hydrogen-bond donors (Lipinski definition) is 1. The Morgan fingerprint density at radius 2 is 1.77 bits per heavy atom. The van der Waals surface area contributed by atoms with Crippen LogP contribution in [0, 0.1) is 23.7 Å². The van der Waals surface area contributed by atoms with Crippen molar-refractivity contribution in [3.8, 4) is 5.75 Å². The van der Waals surface area contributed by atoms with E-state index in [0.29, 0.717) is 5.75 Å². The number of hydrogen-bond acceptors (Lipinski definition) is 2. The number of ether oxygens (including phenoxy) is 1. The van der Waals surface area contributed by atoms with Gasteiger partial charge in [0, 0.05) is 9.99 Å². The van der Waals surface area contributed by atoms with Gasteiger partial charge in [-0.2, -0.15) is 0 Å². The molecule has 4 aliphatic carbocycles. The van der Waals surface area contributed by atoms with Crippen LogP contribution >= 0.6 is 22.6 Å². The summed E-state index contributed by atoms with van der Waals surface area (Å²) in [6.45, 7) is 0.751. The molecule has 0 atom stereocenters. The minimum atomic E-state index is 0.331. The zero-order chi connectivity index (χ0) is 15.1. The van der Waals surface area contributed by atoms with Gasteiger partial charge in [-0.1, -0.05) is 34.7 Å². The second-order valence-corrected chi connectivity index (χ2v) is 8.26. The minimum absolute atomic E-state index is 0.331. The van der Waals surface area contributed by atoms with E-state index in [1.54, 1.807) is 11.6 Å². The molecule has 3 heteroatoms. The van der Waals surface area contributed by atoms with Gasteiger partial charge in [-0.15, -0.1) is 0 Å². The normalized spacial score (nSPS) is 32.3. The highest BCUT2D eigenvalue weighted by molar-refractivity contribution is 14.1. The fourth-order valence-corrected chi connectivity index (χ4v) is 5.40. The van der Waals surface area contributed by atoms with Gasteiger partial charge in [-0.05, 0) is 73.5 Å². The van der Waals surface area contributed by atoms with Crippen LogP contribution in [0.3, 0.4) is 0 Å². The lowest BCUT2D eigenvalue weighted by atomic mass is 9.54. The lowest BCUT2D eigenvalue weighted by Crippen LogP contribution is -2.41. The molecule has 118 valence electrons. The van der Waals surface area contributed by atoms with E-state index in [9.17, 15) is 5.11 Å². The molecule has 0 aliphatic heterocycles. The van der Waals surface area contributed by atoms with Crippen LogP contribution in [0.5, 0.6) is 5.75 Å². The summed E-state index contributed by atoms with van der Waals surface area (Å²) in [5, 5.41) is 9.86. The van der Waals surface area contributed by atoms with Crippen LogP contribution in [0.1, 0.15) is 37.7 Å². The Balaban J connectivity index is 1.76. The zero-order valence-corrected chi connectivity index (χ0v) is 15.0. The van der Waals surface area contributed by atoms with Crippen molar-refractivity contribution < 1.29 is 9.84 Å². The SMILES string of the molecule is Oc1cccc(C(OCCI)=C2C3CC4CC(C3)CC2C4)c1. The molecule has 1 N–H and O–H groups in total. The molecule has 5 rings (SSSR count). The van der Waals surface area contributed by atoms with Gasteiger partial charge < -0.3 is 9.84 Å². The standard InChI is InChI=1S/C19H23IO2/c20-4-5-22-19(14-2-1-3-17(21)11-14)18-15-7-12-6-13(9-15)10-16(18)8-12/h1-3,11-13,15-16,21H,4-10H2. The van der Waals surface area contributed by atoms with Gasteiger partial charge in [0.2, 0.25) is 0 Å². The summed E-state index contributed by atoms with van der Waals surface area (Å²) in [5.41, 5.74) is 2.63. The smallest absolute Gasteiger partial charge is 0.126 e. The van der Waals surface area contributed by atoms with E-state index in [2.05, 4.69) is 28.7 Å². The van der Waals surface area contributed by atoms with E-state index in [-0.39, 0.29) is 0 Å². The van der Waals surface area contributed by atoms with E-state index in [4.69, 9.17) is 4.74 Å². The van der Waals surface area contributed by atoms with E-state index in [0.717, 1.165) is 46.0 Å². The van der Waals surface area contributed by atoms with Crippen LogP contribution in [0.4, 0.5) is 0 Å². The van der Waals surface area contributed by atoms with E-state index >= 15 is 0 Å². The number of allylic oxidation sites excluding steroid dienone is 1. The molecule has 0 spiro atoms. The summed E-state index contributed by atoms with van der Waals surface area (Å²) < 4.78 is 7.21. The first-order valence-corrected chi connectivity index (χ1v) is 9.99. The van der Waals surface area contributed by atoms with Gasteiger partial charge in [0.25, 0.3) is 0 Å². The third-order valence-corrected chi connectivity index (χ3v) is 6.15. The summed E-state index contributed by atoms with van der Waals surface area (Å²) in [6, 6.07) is 7.61. The van der Waals surface area contributed by atoms with E-state index in [1.807, 2.05) is 12.1 Å². The van der Waals surface area contributed by atoms with Crippen LogP contribution < -0.4 is 0 Å². The highest BCUT2D eigenvalue weighted by Crippen LogP contribution is 2.58. The molecule has 22 heavy (non-hydrogen) atoms. The van der Waals surface area contributed by atoms with E-state index in [1.165, 1.54) is 32.1 Å². The molecule has 0 saturated heterocycles. The van der Waals surface area contributed by atoms with Crippen LogP contribution in [-0.4, -0.2) is 16.1 Å². The summed E-state index contributed by atoms with van der Waals surface area (Å²) >= 11 is 2.36. The average Bonchev–Trinajstić information content (AvgIpc) is 2.49. The van der Waals surface area contributed by atoms with Crippen molar-refractivity contribution in [3.05, 3.63) is 35.4 Å². The van der Waals surface area contributed by atoms with Crippen LogP contribution in [-0.2, 0) is 4.74 Å². The Kier molecular flexibility index (Phi) is 4.09. The molecule has 2 nitrogen and oxygen atoms in total.